The molecule has 2 aliphatic rings. The monoisotopic (exact) mass is 443 g/mol. The highest BCUT2D eigenvalue weighted by molar-refractivity contribution is 5.97. The number of carboxylic acids is 1. The zero-order valence-electron chi connectivity index (χ0n) is 19.2. The maximum atomic E-state index is 13.5. The zero-order valence-corrected chi connectivity index (χ0v) is 19.2. The van der Waals surface area contributed by atoms with E-state index in [1.54, 1.807) is 17.0 Å². The molecule has 2 aromatic rings. The van der Waals surface area contributed by atoms with Crippen LogP contribution in [-0.2, 0) is 11.2 Å². The molecule has 2 atom stereocenters. The second-order valence-corrected chi connectivity index (χ2v) is 8.96. The normalized spacial score (nSPS) is 20.3. The lowest BCUT2D eigenvalue weighted by Crippen LogP contribution is -2.47. The van der Waals surface area contributed by atoms with Crippen molar-refractivity contribution in [2.45, 2.75) is 51.7 Å². The lowest BCUT2D eigenvalue weighted by atomic mass is 9.81. The Bertz CT molecular complexity index is 1140. The molecule has 5 nitrogen and oxygen atoms in total. The molecule has 1 aliphatic carbocycles. The van der Waals surface area contributed by atoms with Gasteiger partial charge in [0.05, 0.1) is 18.1 Å². The highest BCUT2D eigenvalue weighted by atomic mass is 16.5. The van der Waals surface area contributed by atoms with Crippen LogP contribution in [0.15, 0.2) is 89.7 Å². The third-order valence-corrected chi connectivity index (χ3v) is 6.31. The number of hydrogen-bond acceptors (Lipinski definition) is 3. The fourth-order valence-corrected chi connectivity index (χ4v) is 4.83. The summed E-state index contributed by atoms with van der Waals surface area (Å²) in [6.07, 6.45) is 7.17. The third-order valence-electron chi connectivity index (χ3n) is 6.31. The minimum Gasteiger partial charge on any atom is -0.490 e. The summed E-state index contributed by atoms with van der Waals surface area (Å²) >= 11 is 0. The molecule has 0 saturated carbocycles. The Morgan fingerprint density at radius 1 is 1.12 bits per heavy atom. The van der Waals surface area contributed by atoms with E-state index in [-0.39, 0.29) is 18.4 Å². The molecule has 0 aromatic heterocycles. The maximum absolute atomic E-state index is 13.5. The van der Waals surface area contributed by atoms with E-state index in [4.69, 9.17) is 4.74 Å². The first kappa shape index (κ1) is 22.6. The van der Waals surface area contributed by atoms with Crippen molar-refractivity contribution in [2.24, 2.45) is 0 Å². The molecule has 0 radical (unpaired) electrons. The van der Waals surface area contributed by atoms with Gasteiger partial charge in [0.25, 0.3) is 5.91 Å². The van der Waals surface area contributed by atoms with Gasteiger partial charge in [0.1, 0.15) is 5.75 Å². The summed E-state index contributed by atoms with van der Waals surface area (Å²) in [6, 6.07) is 17.5. The Labute approximate surface area is 194 Å². The maximum Gasteiger partial charge on any atom is 0.307 e. The molecule has 0 fully saturated rings. The van der Waals surface area contributed by atoms with Crippen LogP contribution in [0.5, 0.6) is 5.75 Å². The van der Waals surface area contributed by atoms with Crippen LogP contribution in [0.25, 0.3) is 0 Å². The predicted octanol–water partition coefficient (Wildman–Crippen LogP) is 5.55. The lowest BCUT2D eigenvalue weighted by Gasteiger charge is -2.39. The highest BCUT2D eigenvalue weighted by Crippen LogP contribution is 2.44. The number of amides is 1. The van der Waals surface area contributed by atoms with E-state index in [9.17, 15) is 14.7 Å². The first-order valence-corrected chi connectivity index (χ1v) is 11.2. The van der Waals surface area contributed by atoms with Crippen molar-refractivity contribution >= 4 is 11.9 Å². The molecule has 0 bridgehead atoms. The van der Waals surface area contributed by atoms with Gasteiger partial charge < -0.3 is 14.7 Å². The highest BCUT2D eigenvalue weighted by Gasteiger charge is 2.45. The summed E-state index contributed by atoms with van der Waals surface area (Å²) in [4.78, 5) is 26.6. The third kappa shape index (κ3) is 4.63. The number of carbonyl (C=O) groups is 2. The number of benzene rings is 2. The largest absolute Gasteiger partial charge is 0.490 e. The molecule has 1 N–H and O–H groups in total. The molecule has 1 aliphatic heterocycles. The van der Waals surface area contributed by atoms with E-state index in [0.717, 1.165) is 29.0 Å². The van der Waals surface area contributed by atoms with Crippen molar-refractivity contribution in [3.8, 4) is 5.75 Å². The Hall–Kier alpha value is -3.60. The van der Waals surface area contributed by atoms with Gasteiger partial charge in [-0.1, -0.05) is 42.5 Å². The van der Waals surface area contributed by atoms with Crippen molar-refractivity contribution in [1.29, 1.82) is 0 Å². The average molecular weight is 444 g/mol. The number of carbonyl (C=O) groups excluding carboxylic acids is 1. The predicted molar refractivity (Wildman–Crippen MR) is 128 cm³/mol. The topological polar surface area (TPSA) is 66.8 Å². The van der Waals surface area contributed by atoms with Gasteiger partial charge in [-0.25, -0.2) is 0 Å². The van der Waals surface area contributed by atoms with Gasteiger partial charge in [0.2, 0.25) is 0 Å². The number of fused-ring (bicyclic) bond motifs is 1. The summed E-state index contributed by atoms with van der Waals surface area (Å²) in [6.45, 7) is 5.93. The summed E-state index contributed by atoms with van der Waals surface area (Å²) in [5, 5.41) is 9.28. The number of aliphatic carboxylic acids is 1. The Morgan fingerprint density at radius 2 is 1.82 bits per heavy atom. The van der Waals surface area contributed by atoms with Gasteiger partial charge in [-0.15, -0.1) is 0 Å². The van der Waals surface area contributed by atoms with Crippen LogP contribution in [0.1, 0.15) is 49.5 Å². The van der Waals surface area contributed by atoms with Crippen molar-refractivity contribution < 1.29 is 19.4 Å². The van der Waals surface area contributed by atoms with E-state index < -0.39 is 11.5 Å². The van der Waals surface area contributed by atoms with Crippen molar-refractivity contribution in [2.75, 3.05) is 0 Å². The fourth-order valence-electron chi connectivity index (χ4n) is 4.83. The summed E-state index contributed by atoms with van der Waals surface area (Å²) in [5.74, 6) is -0.255. The molecule has 0 spiro atoms. The van der Waals surface area contributed by atoms with Crippen LogP contribution in [-0.4, -0.2) is 33.5 Å². The molecule has 33 heavy (non-hydrogen) atoms. The number of nitrogens with zero attached hydrogens (tertiary/aromatic N) is 1. The summed E-state index contributed by atoms with van der Waals surface area (Å²) < 4.78 is 6.05. The van der Waals surface area contributed by atoms with Crippen LogP contribution in [0.2, 0.25) is 0 Å². The van der Waals surface area contributed by atoms with Crippen molar-refractivity contribution in [1.82, 2.24) is 4.90 Å². The zero-order chi connectivity index (χ0) is 23.6. The second kappa shape index (κ2) is 9.10. The van der Waals surface area contributed by atoms with Gasteiger partial charge in [-0.3, -0.25) is 9.59 Å². The number of allylic oxidation sites excluding steroid dienone is 2. The van der Waals surface area contributed by atoms with Gasteiger partial charge in [0.15, 0.2) is 0 Å². The molecule has 1 amide bonds. The van der Waals surface area contributed by atoms with Gasteiger partial charge in [-0.05, 0) is 74.2 Å². The molecule has 170 valence electrons. The van der Waals surface area contributed by atoms with Crippen LogP contribution < -0.4 is 4.74 Å². The summed E-state index contributed by atoms with van der Waals surface area (Å²) in [5.41, 5.74) is 3.69. The Kier molecular flexibility index (Phi) is 6.23. The number of ether oxygens (including phenoxy) is 1. The standard InChI is InChI=1S/C28H29NO4/c1-19-16-25-23(18-26(30)31)10-7-15-28(25,3)29(19)27(32)22-11-13-24(14-12-22)33-20(2)17-21-8-5-4-6-9-21/h4-14,16,20H,15,17-18H2,1-3H3,(H,30,31). The van der Waals surface area contributed by atoms with E-state index in [1.165, 1.54) is 5.56 Å². The molecular weight excluding hydrogens is 414 g/mol. The van der Waals surface area contributed by atoms with Gasteiger partial charge in [-0.2, -0.15) is 0 Å². The van der Waals surface area contributed by atoms with Crippen LogP contribution in [0, 0.1) is 0 Å². The quantitative estimate of drug-likeness (QED) is 0.610. The van der Waals surface area contributed by atoms with Crippen LogP contribution >= 0.6 is 0 Å². The van der Waals surface area contributed by atoms with Crippen molar-refractivity contribution in [3.63, 3.8) is 0 Å². The van der Waals surface area contributed by atoms with E-state index >= 15 is 0 Å². The van der Waals surface area contributed by atoms with Gasteiger partial charge in [0, 0.05) is 17.7 Å². The first-order chi connectivity index (χ1) is 15.8. The van der Waals surface area contributed by atoms with E-state index in [2.05, 4.69) is 12.1 Å². The average Bonchev–Trinajstić information content (AvgIpc) is 3.05. The second-order valence-electron chi connectivity index (χ2n) is 8.96. The smallest absolute Gasteiger partial charge is 0.307 e. The molecule has 1 heterocycles. The minimum absolute atomic E-state index is 0.00556. The molecule has 2 aromatic carbocycles. The molecule has 5 heteroatoms. The lowest BCUT2D eigenvalue weighted by molar-refractivity contribution is -0.136. The van der Waals surface area contributed by atoms with Crippen LogP contribution in [0.4, 0.5) is 0 Å². The molecule has 0 saturated heterocycles. The van der Waals surface area contributed by atoms with E-state index in [0.29, 0.717) is 12.0 Å². The minimum atomic E-state index is -0.876. The van der Waals surface area contributed by atoms with Crippen molar-refractivity contribution in [3.05, 3.63) is 101 Å². The number of rotatable bonds is 7. The number of carboxylic acid groups (broad SMARTS) is 1. The van der Waals surface area contributed by atoms with Gasteiger partial charge >= 0.3 is 5.97 Å². The SMILES string of the molecule is CC1=CC2=C(CC(=O)O)C=CCC2(C)N1C(=O)c1ccc(OC(C)Cc2ccccc2)cc1. The molecule has 4 rings (SSSR count). The Morgan fingerprint density at radius 3 is 2.48 bits per heavy atom. The first-order valence-electron chi connectivity index (χ1n) is 11.2. The fraction of sp³-hybridized carbons (Fsp3) is 0.286. The number of hydrogen-bond donors (Lipinski definition) is 1. The molecular formula is C28H29NO4. The molecule has 2 unspecified atom stereocenters. The van der Waals surface area contributed by atoms with E-state index in [1.807, 2.05) is 69.3 Å². The van der Waals surface area contributed by atoms with Crippen LogP contribution in [0.3, 0.4) is 0 Å². The summed E-state index contributed by atoms with van der Waals surface area (Å²) in [7, 11) is 0. The Balaban J connectivity index is 1.49.